The highest BCUT2D eigenvalue weighted by molar-refractivity contribution is 5.89. The van der Waals surface area contributed by atoms with Crippen molar-refractivity contribution in [2.24, 2.45) is 5.92 Å². The Morgan fingerprint density at radius 2 is 1.53 bits per heavy atom. The first-order chi connectivity index (χ1) is 15.4. The summed E-state index contributed by atoms with van der Waals surface area (Å²) in [4.78, 5) is 36.9. The average molecular weight is 438 g/mol. The quantitative estimate of drug-likeness (QED) is 0.421. The predicted molar refractivity (Wildman–Crippen MR) is 127 cm³/mol. The van der Waals surface area contributed by atoms with E-state index in [2.05, 4.69) is 35.0 Å². The molecule has 6 nitrogen and oxygen atoms in total. The van der Waals surface area contributed by atoms with E-state index in [0.717, 1.165) is 11.8 Å². The SMILES string of the molecule is CC(C)C[C@H](C=O)NC(=O)C(Cc1ccccc1)NC(=O)CNC[C@H](C)c1ccccc1. The monoisotopic (exact) mass is 437 g/mol. The summed E-state index contributed by atoms with van der Waals surface area (Å²) >= 11 is 0. The van der Waals surface area contributed by atoms with Gasteiger partial charge in [0.15, 0.2) is 0 Å². The summed E-state index contributed by atoms with van der Waals surface area (Å²) < 4.78 is 0. The van der Waals surface area contributed by atoms with Gasteiger partial charge in [-0.15, -0.1) is 0 Å². The van der Waals surface area contributed by atoms with Crippen molar-refractivity contribution in [2.75, 3.05) is 13.1 Å². The van der Waals surface area contributed by atoms with E-state index in [-0.39, 0.29) is 30.2 Å². The van der Waals surface area contributed by atoms with Crippen LogP contribution in [-0.2, 0) is 20.8 Å². The number of hydrogen-bond acceptors (Lipinski definition) is 4. The van der Waals surface area contributed by atoms with Gasteiger partial charge in [-0.05, 0) is 29.4 Å². The smallest absolute Gasteiger partial charge is 0.243 e. The Kier molecular flexibility index (Phi) is 10.6. The molecule has 3 N–H and O–H groups in total. The maximum atomic E-state index is 12.9. The van der Waals surface area contributed by atoms with Gasteiger partial charge < -0.3 is 20.7 Å². The topological polar surface area (TPSA) is 87.3 Å². The lowest BCUT2D eigenvalue weighted by molar-refractivity contribution is -0.129. The molecule has 0 saturated carbocycles. The van der Waals surface area contributed by atoms with Crippen LogP contribution in [0, 0.1) is 5.92 Å². The highest BCUT2D eigenvalue weighted by Gasteiger charge is 2.24. The summed E-state index contributed by atoms with van der Waals surface area (Å²) in [5.74, 6) is -0.0780. The first-order valence-electron chi connectivity index (χ1n) is 11.2. The number of amides is 2. The fraction of sp³-hybridized carbons (Fsp3) is 0.423. The predicted octanol–water partition coefficient (Wildman–Crippen LogP) is 2.84. The minimum absolute atomic E-state index is 0.110. The van der Waals surface area contributed by atoms with Gasteiger partial charge in [-0.25, -0.2) is 0 Å². The van der Waals surface area contributed by atoms with Crippen LogP contribution in [0.2, 0.25) is 0 Å². The largest absolute Gasteiger partial charge is 0.345 e. The molecule has 0 aliphatic rings. The molecule has 0 heterocycles. The van der Waals surface area contributed by atoms with Gasteiger partial charge in [0, 0.05) is 13.0 Å². The van der Waals surface area contributed by atoms with Crippen LogP contribution in [0.15, 0.2) is 60.7 Å². The van der Waals surface area contributed by atoms with Crippen molar-refractivity contribution in [1.29, 1.82) is 0 Å². The second-order valence-electron chi connectivity index (χ2n) is 8.63. The summed E-state index contributed by atoms with van der Waals surface area (Å²) in [5, 5.41) is 8.78. The zero-order chi connectivity index (χ0) is 23.3. The summed E-state index contributed by atoms with van der Waals surface area (Å²) in [7, 11) is 0. The number of nitrogens with one attached hydrogen (secondary N) is 3. The van der Waals surface area contributed by atoms with E-state index in [1.807, 2.05) is 62.4 Å². The third-order valence-corrected chi connectivity index (χ3v) is 5.26. The normalized spacial score (nSPS) is 13.8. The number of carbonyl (C=O) groups is 3. The summed E-state index contributed by atoms with van der Waals surface area (Å²) in [6.45, 7) is 6.84. The Morgan fingerprint density at radius 3 is 2.12 bits per heavy atom. The lowest BCUT2D eigenvalue weighted by Gasteiger charge is -2.22. The van der Waals surface area contributed by atoms with Crippen molar-refractivity contribution in [3.8, 4) is 0 Å². The second kappa shape index (κ2) is 13.4. The molecule has 6 heteroatoms. The molecule has 0 radical (unpaired) electrons. The van der Waals surface area contributed by atoms with E-state index in [1.165, 1.54) is 5.56 Å². The van der Waals surface area contributed by atoms with Crippen LogP contribution in [0.5, 0.6) is 0 Å². The van der Waals surface area contributed by atoms with Crippen molar-refractivity contribution in [2.45, 2.75) is 51.6 Å². The third kappa shape index (κ3) is 9.02. The van der Waals surface area contributed by atoms with Crippen molar-refractivity contribution in [3.05, 3.63) is 71.8 Å². The lowest BCUT2D eigenvalue weighted by atomic mass is 10.0. The van der Waals surface area contributed by atoms with Crippen LogP contribution in [0.1, 0.15) is 44.2 Å². The van der Waals surface area contributed by atoms with Crippen LogP contribution < -0.4 is 16.0 Å². The molecule has 0 aliphatic carbocycles. The van der Waals surface area contributed by atoms with Gasteiger partial charge in [0.2, 0.25) is 11.8 Å². The summed E-state index contributed by atoms with van der Waals surface area (Å²) in [6, 6.07) is 18.3. The van der Waals surface area contributed by atoms with Gasteiger partial charge in [0.25, 0.3) is 0 Å². The fourth-order valence-corrected chi connectivity index (χ4v) is 3.55. The zero-order valence-electron chi connectivity index (χ0n) is 19.2. The standard InChI is InChI=1S/C26H35N3O3/c1-19(2)14-23(18-30)28-26(32)24(15-21-10-6-4-7-11-21)29-25(31)17-27-16-20(3)22-12-8-5-9-13-22/h4-13,18-20,23-24,27H,14-17H2,1-3H3,(H,28,32)(H,29,31)/t20-,23+,24?/m0/s1. The van der Waals surface area contributed by atoms with E-state index < -0.39 is 12.1 Å². The number of benzene rings is 2. The van der Waals surface area contributed by atoms with E-state index in [0.29, 0.717) is 19.4 Å². The van der Waals surface area contributed by atoms with E-state index in [1.54, 1.807) is 0 Å². The van der Waals surface area contributed by atoms with Gasteiger partial charge in [0.1, 0.15) is 12.3 Å². The summed E-state index contributed by atoms with van der Waals surface area (Å²) in [5.41, 5.74) is 2.14. The van der Waals surface area contributed by atoms with Gasteiger partial charge in [0.05, 0.1) is 12.6 Å². The molecular weight excluding hydrogens is 402 g/mol. The number of rotatable bonds is 13. The van der Waals surface area contributed by atoms with Gasteiger partial charge in [-0.1, -0.05) is 81.4 Å². The van der Waals surface area contributed by atoms with E-state index in [4.69, 9.17) is 0 Å². The summed E-state index contributed by atoms with van der Waals surface area (Å²) in [6.07, 6.45) is 1.66. The van der Waals surface area contributed by atoms with Gasteiger partial charge in [-0.3, -0.25) is 9.59 Å². The van der Waals surface area contributed by atoms with Crippen molar-refractivity contribution >= 4 is 18.1 Å². The van der Waals surface area contributed by atoms with Crippen LogP contribution in [-0.4, -0.2) is 43.3 Å². The first-order valence-corrected chi connectivity index (χ1v) is 11.2. The number of carbonyl (C=O) groups excluding carboxylic acids is 3. The molecule has 0 bridgehead atoms. The first kappa shape index (κ1) is 25.3. The molecular formula is C26H35N3O3. The van der Waals surface area contributed by atoms with Crippen molar-refractivity contribution in [1.82, 2.24) is 16.0 Å². The third-order valence-electron chi connectivity index (χ3n) is 5.26. The Bertz CT molecular complexity index is 840. The minimum Gasteiger partial charge on any atom is -0.345 e. The van der Waals surface area contributed by atoms with Crippen LogP contribution in [0.3, 0.4) is 0 Å². The molecule has 0 spiro atoms. The van der Waals surface area contributed by atoms with E-state index in [9.17, 15) is 14.4 Å². The zero-order valence-corrected chi connectivity index (χ0v) is 19.2. The van der Waals surface area contributed by atoms with Crippen LogP contribution >= 0.6 is 0 Å². The molecule has 3 atom stereocenters. The van der Waals surface area contributed by atoms with Crippen molar-refractivity contribution < 1.29 is 14.4 Å². The molecule has 172 valence electrons. The van der Waals surface area contributed by atoms with Crippen LogP contribution in [0.4, 0.5) is 0 Å². The molecule has 2 rings (SSSR count). The Hall–Kier alpha value is -2.99. The molecule has 0 aliphatic heterocycles. The fourth-order valence-electron chi connectivity index (χ4n) is 3.55. The van der Waals surface area contributed by atoms with Crippen molar-refractivity contribution in [3.63, 3.8) is 0 Å². The van der Waals surface area contributed by atoms with Gasteiger partial charge in [-0.2, -0.15) is 0 Å². The highest BCUT2D eigenvalue weighted by Crippen LogP contribution is 2.12. The lowest BCUT2D eigenvalue weighted by Crippen LogP contribution is -2.52. The average Bonchev–Trinajstić information content (AvgIpc) is 2.79. The Balaban J connectivity index is 1.94. The molecule has 0 saturated heterocycles. The molecule has 32 heavy (non-hydrogen) atoms. The number of aldehydes is 1. The Labute approximate surface area is 191 Å². The second-order valence-corrected chi connectivity index (χ2v) is 8.63. The molecule has 0 fully saturated rings. The molecule has 2 amide bonds. The molecule has 0 aromatic heterocycles. The number of hydrogen-bond donors (Lipinski definition) is 3. The maximum absolute atomic E-state index is 12.9. The minimum atomic E-state index is -0.757. The van der Waals surface area contributed by atoms with E-state index >= 15 is 0 Å². The molecule has 1 unspecified atom stereocenters. The van der Waals surface area contributed by atoms with Crippen LogP contribution in [0.25, 0.3) is 0 Å². The Morgan fingerprint density at radius 1 is 0.906 bits per heavy atom. The molecule has 2 aromatic rings. The maximum Gasteiger partial charge on any atom is 0.243 e. The highest BCUT2D eigenvalue weighted by atomic mass is 16.2. The van der Waals surface area contributed by atoms with Gasteiger partial charge >= 0.3 is 0 Å². The molecule has 2 aromatic carbocycles.